The van der Waals surface area contributed by atoms with Crippen LogP contribution in [0.5, 0.6) is 0 Å². The average Bonchev–Trinajstić information content (AvgIpc) is 3.88. The molecule has 396 valence electrons. The van der Waals surface area contributed by atoms with Crippen molar-refractivity contribution in [3.8, 4) is 0 Å². The van der Waals surface area contributed by atoms with E-state index in [0.717, 1.165) is 0 Å². The molecule has 0 saturated heterocycles. The van der Waals surface area contributed by atoms with Crippen LogP contribution in [-0.4, -0.2) is 147 Å². The maximum absolute atomic E-state index is 13.5. The number of fused-ring (bicyclic) bond motifs is 2. The molecule has 0 unspecified atom stereocenters. The van der Waals surface area contributed by atoms with Gasteiger partial charge in [-0.3, -0.25) is 27.2 Å². The second-order valence-corrected chi connectivity index (χ2v) is 19.8. The van der Waals surface area contributed by atoms with Crippen molar-refractivity contribution in [1.82, 2.24) is 39.0 Å². The van der Waals surface area contributed by atoms with Crippen molar-refractivity contribution < 1.29 is 93.8 Å². The first-order valence-electron chi connectivity index (χ1n) is 21.8. The van der Waals surface area contributed by atoms with Gasteiger partial charge in [0.25, 0.3) is 0 Å². The molecular formula is C39H60N10O20P2. The molecule has 32 heteroatoms. The Bertz CT molecular complexity index is 2210. The van der Waals surface area contributed by atoms with Gasteiger partial charge in [-0.05, 0) is 69.2 Å². The second kappa shape index (κ2) is 28.1. The molecule has 0 fully saturated rings. The van der Waals surface area contributed by atoms with Crippen LogP contribution in [0.4, 0.5) is 30.8 Å². The number of carbonyl (C=O) groups is 4. The molecule has 4 rings (SSSR count). The molecule has 71 heavy (non-hydrogen) atoms. The van der Waals surface area contributed by atoms with Crippen molar-refractivity contribution in [2.75, 3.05) is 57.2 Å². The number of carbonyl (C=O) groups excluding carboxylic acids is 4. The molecule has 0 spiro atoms. The van der Waals surface area contributed by atoms with Crippen LogP contribution in [0.2, 0.25) is 0 Å². The fourth-order valence-corrected chi connectivity index (χ4v) is 7.52. The predicted molar refractivity (Wildman–Crippen MR) is 243 cm³/mol. The molecule has 0 radical (unpaired) electrons. The smallest absolute Gasteiger partial charge is 0.432 e. The van der Waals surface area contributed by atoms with E-state index in [1.165, 1.54) is 25.3 Å². The van der Waals surface area contributed by atoms with Crippen LogP contribution in [-0.2, 0) is 87.7 Å². The van der Waals surface area contributed by atoms with Gasteiger partial charge in [-0.25, -0.2) is 49.1 Å². The zero-order valence-corrected chi connectivity index (χ0v) is 42.6. The van der Waals surface area contributed by atoms with E-state index < -0.39 is 116 Å². The van der Waals surface area contributed by atoms with Crippen LogP contribution in [0, 0.1) is 0 Å². The summed E-state index contributed by atoms with van der Waals surface area (Å²) in [5.41, 5.74) is 1.67. The Morgan fingerprint density at radius 2 is 0.803 bits per heavy atom. The van der Waals surface area contributed by atoms with Gasteiger partial charge in [-0.15, -0.1) is 0 Å². The second-order valence-electron chi connectivity index (χ2n) is 15.8. The standard InChI is InChI=1S/C39H60N10O20P2/c1-24(2)66-36(50)56-18-62-70(54,63-19-57-37(51)67-25(3)4)22-60-28(9)11-48-16-46-30-32(42-14-44-34(30)48)40-13-41-33-31-35(45-15-43-33)49(17-47-31)12-29(10)61-23-71(55,64-20-58-38(52)68-26(5)6)65-21-59-39(53)69-27(7)8/h14-17,24-29H,11-13,18-23H2,1-10H3,(H,40,42,44)(H,41,43,45)/t28-,29-/m1/s1. The summed E-state index contributed by atoms with van der Waals surface area (Å²) in [6.07, 6.45) is -3.07. The van der Waals surface area contributed by atoms with Gasteiger partial charge >= 0.3 is 39.8 Å². The van der Waals surface area contributed by atoms with E-state index in [4.69, 9.17) is 65.5 Å². The molecule has 0 aliphatic rings. The molecule has 0 aliphatic carbocycles. The van der Waals surface area contributed by atoms with Crippen molar-refractivity contribution >= 4 is 73.8 Å². The van der Waals surface area contributed by atoms with E-state index in [-0.39, 0.29) is 19.8 Å². The Kier molecular flexibility index (Phi) is 22.8. The van der Waals surface area contributed by atoms with Crippen LogP contribution >= 0.6 is 15.2 Å². The molecule has 4 aromatic heterocycles. The first-order chi connectivity index (χ1) is 33.6. The molecule has 4 heterocycles. The molecular weight excluding hydrogens is 990 g/mol. The summed E-state index contributed by atoms with van der Waals surface area (Å²) in [5, 5.41) is 6.30. The highest BCUT2D eigenvalue weighted by Crippen LogP contribution is 2.49. The summed E-state index contributed by atoms with van der Waals surface area (Å²) in [5.74, 6) is 0.730. The third kappa shape index (κ3) is 20.3. The minimum absolute atomic E-state index is 0.0944. The van der Waals surface area contributed by atoms with Crippen molar-refractivity contribution in [2.24, 2.45) is 0 Å². The Balaban J connectivity index is 1.33. The molecule has 2 N–H and O–H groups in total. The summed E-state index contributed by atoms with van der Waals surface area (Å²) in [7, 11) is -8.41. The summed E-state index contributed by atoms with van der Waals surface area (Å²) >= 11 is 0. The maximum Gasteiger partial charge on any atom is 0.510 e. The van der Waals surface area contributed by atoms with Gasteiger partial charge in [0.1, 0.15) is 36.4 Å². The minimum Gasteiger partial charge on any atom is -0.432 e. The Hall–Kier alpha value is -6.00. The molecule has 0 saturated carbocycles. The normalized spacial score (nSPS) is 12.8. The van der Waals surface area contributed by atoms with Crippen LogP contribution in [0.25, 0.3) is 22.3 Å². The monoisotopic (exact) mass is 1050 g/mol. The van der Waals surface area contributed by atoms with E-state index in [0.29, 0.717) is 34.0 Å². The summed E-state index contributed by atoms with van der Waals surface area (Å²) in [6, 6.07) is 0. The molecule has 4 aromatic rings. The van der Waals surface area contributed by atoms with E-state index >= 15 is 0 Å². The first-order valence-corrected chi connectivity index (χ1v) is 25.2. The van der Waals surface area contributed by atoms with E-state index in [1.54, 1.807) is 78.4 Å². The maximum atomic E-state index is 13.5. The Morgan fingerprint density at radius 1 is 0.493 bits per heavy atom. The first kappa shape index (κ1) is 57.6. The van der Waals surface area contributed by atoms with Gasteiger partial charge in [0, 0.05) is 0 Å². The van der Waals surface area contributed by atoms with Crippen LogP contribution in [0.1, 0.15) is 69.2 Å². The zero-order valence-electron chi connectivity index (χ0n) is 40.8. The molecule has 0 aliphatic heterocycles. The number of imidazole rings is 2. The number of nitrogens with zero attached hydrogens (tertiary/aromatic N) is 8. The number of ether oxygens (including phenoxy) is 10. The van der Waals surface area contributed by atoms with Gasteiger partial charge in [-0.1, -0.05) is 0 Å². The third-order valence-corrected chi connectivity index (χ3v) is 11.2. The van der Waals surface area contributed by atoms with Crippen LogP contribution in [0.3, 0.4) is 0 Å². The van der Waals surface area contributed by atoms with E-state index in [9.17, 15) is 28.3 Å². The number of nitrogens with one attached hydrogen (secondary N) is 2. The summed E-state index contributed by atoms with van der Waals surface area (Å²) in [6.45, 7) is 13.4. The quantitative estimate of drug-likeness (QED) is 0.0237. The van der Waals surface area contributed by atoms with Crippen LogP contribution < -0.4 is 10.6 Å². The van der Waals surface area contributed by atoms with Gasteiger partial charge in [0.05, 0.1) is 69.0 Å². The predicted octanol–water partition coefficient (Wildman–Crippen LogP) is 6.70. The number of anilines is 2. The lowest BCUT2D eigenvalue weighted by molar-refractivity contribution is -0.0390. The zero-order chi connectivity index (χ0) is 52.1. The fourth-order valence-electron chi connectivity index (χ4n) is 5.34. The SMILES string of the molecule is CC(C)OC(=O)OCOP(=O)(CO[C@H](C)Cn1cnc2c(NCNc3ncnc4c3ncn4C[C@@H](C)OCP(=O)(OCOC(=O)OC(C)C)OCOC(=O)OC(C)C)ncnc21)OCOC(=O)OC(C)C. The van der Waals surface area contributed by atoms with Gasteiger partial charge in [0.2, 0.25) is 27.2 Å². The third-order valence-electron chi connectivity index (χ3n) is 8.29. The summed E-state index contributed by atoms with van der Waals surface area (Å²) in [4.78, 5) is 73.5. The van der Waals surface area contributed by atoms with Crippen molar-refractivity contribution in [3.63, 3.8) is 0 Å². The minimum atomic E-state index is -4.21. The highest BCUT2D eigenvalue weighted by molar-refractivity contribution is 7.53. The van der Waals surface area contributed by atoms with E-state index in [2.05, 4.69) is 40.5 Å². The van der Waals surface area contributed by atoms with E-state index in [1.807, 2.05) is 0 Å². The van der Waals surface area contributed by atoms with Crippen molar-refractivity contribution in [3.05, 3.63) is 25.3 Å². The highest BCUT2D eigenvalue weighted by Gasteiger charge is 2.31. The number of rotatable bonds is 30. The molecule has 0 bridgehead atoms. The lowest BCUT2D eigenvalue weighted by Gasteiger charge is -2.21. The number of hydrogen-bond donors (Lipinski definition) is 2. The van der Waals surface area contributed by atoms with Gasteiger partial charge in [-0.2, -0.15) is 0 Å². The molecule has 0 aromatic carbocycles. The lowest BCUT2D eigenvalue weighted by atomic mass is 10.4. The Morgan fingerprint density at radius 3 is 1.10 bits per heavy atom. The number of hydrogen-bond acceptors (Lipinski definition) is 28. The van der Waals surface area contributed by atoms with Gasteiger partial charge < -0.3 is 67.1 Å². The van der Waals surface area contributed by atoms with Crippen molar-refractivity contribution in [1.29, 1.82) is 0 Å². The molecule has 30 nitrogen and oxygen atoms in total. The average molecular weight is 1050 g/mol. The largest absolute Gasteiger partial charge is 0.510 e. The summed E-state index contributed by atoms with van der Waals surface area (Å²) < 4.78 is 102. The van der Waals surface area contributed by atoms with Crippen molar-refractivity contribution in [2.45, 2.75) is 119 Å². The number of aromatic nitrogens is 8. The van der Waals surface area contributed by atoms with Crippen LogP contribution in [0.15, 0.2) is 25.3 Å². The lowest BCUT2D eigenvalue weighted by Crippen LogP contribution is -2.20. The highest BCUT2D eigenvalue weighted by atomic mass is 31.2. The Labute approximate surface area is 407 Å². The fraction of sp³-hybridized carbons (Fsp3) is 0.641. The topological polar surface area (TPSA) is 343 Å². The molecule has 0 amide bonds. The van der Waals surface area contributed by atoms with Gasteiger partial charge in [0.15, 0.2) is 22.9 Å². The molecule has 2 atom stereocenters.